The lowest BCUT2D eigenvalue weighted by atomic mass is 10.1. The summed E-state index contributed by atoms with van der Waals surface area (Å²) in [6, 6.07) is 20.4. The third-order valence-corrected chi connectivity index (χ3v) is 6.53. The Labute approximate surface area is 187 Å². The molecule has 0 aliphatic heterocycles. The Bertz CT molecular complexity index is 1310. The minimum absolute atomic E-state index is 0.0116. The highest BCUT2D eigenvalue weighted by Crippen LogP contribution is 2.25. The SMILES string of the molecule is Cc1cccc(-n2c(SCC(=O)c3ccc(Br)cc3)nc3ccccc3c2=O)c1C. The van der Waals surface area contributed by atoms with Gasteiger partial charge in [0.15, 0.2) is 10.9 Å². The van der Waals surface area contributed by atoms with E-state index >= 15 is 0 Å². The summed E-state index contributed by atoms with van der Waals surface area (Å²) in [5.74, 6) is 0.180. The number of aromatic nitrogens is 2. The number of rotatable bonds is 5. The number of thioether (sulfide) groups is 1. The largest absolute Gasteiger partial charge is 0.293 e. The molecule has 4 rings (SSSR count). The van der Waals surface area contributed by atoms with Crippen LogP contribution >= 0.6 is 27.7 Å². The molecule has 0 saturated carbocycles. The van der Waals surface area contributed by atoms with Crippen molar-refractivity contribution in [3.63, 3.8) is 0 Å². The average Bonchev–Trinajstić information content (AvgIpc) is 2.75. The van der Waals surface area contributed by atoms with Crippen molar-refractivity contribution >= 4 is 44.4 Å². The highest BCUT2D eigenvalue weighted by Gasteiger charge is 2.17. The fourth-order valence-electron chi connectivity index (χ4n) is 3.25. The summed E-state index contributed by atoms with van der Waals surface area (Å²) in [7, 11) is 0. The molecule has 0 aliphatic carbocycles. The van der Waals surface area contributed by atoms with E-state index in [0.29, 0.717) is 21.6 Å². The molecule has 4 aromatic rings. The predicted molar refractivity (Wildman–Crippen MR) is 126 cm³/mol. The zero-order valence-electron chi connectivity index (χ0n) is 16.6. The van der Waals surface area contributed by atoms with Crippen LogP contribution in [0.2, 0.25) is 0 Å². The van der Waals surface area contributed by atoms with Crippen LogP contribution in [-0.4, -0.2) is 21.1 Å². The first-order valence-electron chi connectivity index (χ1n) is 9.45. The highest BCUT2D eigenvalue weighted by atomic mass is 79.9. The highest BCUT2D eigenvalue weighted by molar-refractivity contribution is 9.10. The van der Waals surface area contributed by atoms with Crippen molar-refractivity contribution in [1.82, 2.24) is 9.55 Å². The van der Waals surface area contributed by atoms with Crippen LogP contribution in [0.1, 0.15) is 21.5 Å². The van der Waals surface area contributed by atoms with Crippen LogP contribution in [0.5, 0.6) is 0 Å². The first-order chi connectivity index (χ1) is 14.5. The van der Waals surface area contributed by atoms with Gasteiger partial charge in [-0.2, -0.15) is 0 Å². The molecule has 0 bridgehead atoms. The number of Topliss-reactive ketones (excluding diaryl/α,β-unsaturated/α-hetero) is 1. The topological polar surface area (TPSA) is 52.0 Å². The molecule has 4 nitrogen and oxygen atoms in total. The van der Waals surface area contributed by atoms with E-state index in [2.05, 4.69) is 15.9 Å². The molecule has 30 heavy (non-hydrogen) atoms. The van der Waals surface area contributed by atoms with E-state index in [9.17, 15) is 9.59 Å². The van der Waals surface area contributed by atoms with Gasteiger partial charge in [-0.05, 0) is 55.3 Å². The first kappa shape index (κ1) is 20.6. The molecular formula is C24H19BrN2O2S. The van der Waals surface area contributed by atoms with Gasteiger partial charge in [0.25, 0.3) is 5.56 Å². The third kappa shape index (κ3) is 3.98. The molecule has 0 aliphatic rings. The van der Waals surface area contributed by atoms with E-state index in [1.54, 1.807) is 22.8 Å². The van der Waals surface area contributed by atoms with E-state index in [1.807, 2.05) is 62.4 Å². The van der Waals surface area contributed by atoms with Crippen LogP contribution in [-0.2, 0) is 0 Å². The Morgan fingerprint density at radius 1 is 1.00 bits per heavy atom. The minimum atomic E-state index is -0.132. The quantitative estimate of drug-likeness (QED) is 0.208. The maximum Gasteiger partial charge on any atom is 0.266 e. The van der Waals surface area contributed by atoms with Crippen molar-refractivity contribution in [2.75, 3.05) is 5.75 Å². The Morgan fingerprint density at radius 2 is 1.73 bits per heavy atom. The summed E-state index contributed by atoms with van der Waals surface area (Å²) in [6.07, 6.45) is 0. The molecule has 3 aromatic carbocycles. The van der Waals surface area contributed by atoms with Gasteiger partial charge < -0.3 is 0 Å². The van der Waals surface area contributed by atoms with Crippen molar-refractivity contribution in [2.45, 2.75) is 19.0 Å². The second-order valence-electron chi connectivity index (χ2n) is 6.99. The smallest absolute Gasteiger partial charge is 0.266 e. The lowest BCUT2D eigenvalue weighted by molar-refractivity contribution is 0.102. The van der Waals surface area contributed by atoms with E-state index in [-0.39, 0.29) is 17.1 Å². The van der Waals surface area contributed by atoms with E-state index < -0.39 is 0 Å². The number of aryl methyl sites for hydroxylation is 1. The van der Waals surface area contributed by atoms with E-state index in [4.69, 9.17) is 4.98 Å². The minimum Gasteiger partial charge on any atom is -0.293 e. The molecule has 150 valence electrons. The Kier molecular flexibility index (Phi) is 5.88. The zero-order valence-corrected chi connectivity index (χ0v) is 19.0. The van der Waals surface area contributed by atoms with Crippen molar-refractivity contribution in [3.05, 3.63) is 98.2 Å². The molecule has 1 heterocycles. The Balaban J connectivity index is 1.80. The van der Waals surface area contributed by atoms with Gasteiger partial charge in [0.1, 0.15) is 0 Å². The molecule has 0 amide bonds. The zero-order chi connectivity index (χ0) is 21.3. The summed E-state index contributed by atoms with van der Waals surface area (Å²) >= 11 is 4.67. The lowest BCUT2D eigenvalue weighted by Crippen LogP contribution is -2.23. The number of benzene rings is 3. The molecule has 6 heteroatoms. The fourth-order valence-corrected chi connectivity index (χ4v) is 4.41. The molecule has 0 saturated heterocycles. The lowest BCUT2D eigenvalue weighted by Gasteiger charge is -2.16. The molecular weight excluding hydrogens is 460 g/mol. The van der Waals surface area contributed by atoms with Crippen LogP contribution in [0.3, 0.4) is 0 Å². The monoisotopic (exact) mass is 478 g/mol. The van der Waals surface area contributed by atoms with Crippen LogP contribution < -0.4 is 5.56 Å². The van der Waals surface area contributed by atoms with E-state index in [0.717, 1.165) is 21.3 Å². The number of para-hydroxylation sites is 1. The normalized spacial score (nSPS) is 11.0. The van der Waals surface area contributed by atoms with E-state index in [1.165, 1.54) is 11.8 Å². The number of fused-ring (bicyclic) bond motifs is 1. The van der Waals surface area contributed by atoms with Gasteiger partial charge >= 0.3 is 0 Å². The van der Waals surface area contributed by atoms with Gasteiger partial charge in [0, 0.05) is 10.0 Å². The molecule has 0 atom stereocenters. The van der Waals surface area contributed by atoms with Gasteiger partial charge in [-0.1, -0.05) is 64.1 Å². The van der Waals surface area contributed by atoms with Crippen LogP contribution in [0.15, 0.2) is 81.2 Å². The second kappa shape index (κ2) is 8.58. The average molecular weight is 479 g/mol. The summed E-state index contributed by atoms with van der Waals surface area (Å²) < 4.78 is 2.55. The molecule has 1 aromatic heterocycles. The molecule has 0 spiro atoms. The van der Waals surface area contributed by atoms with Crippen molar-refractivity contribution in [2.24, 2.45) is 0 Å². The Hall–Kier alpha value is -2.70. The molecule has 0 radical (unpaired) electrons. The molecule has 0 unspecified atom stereocenters. The van der Waals surface area contributed by atoms with Crippen molar-refractivity contribution in [1.29, 1.82) is 0 Å². The number of hydrogen-bond acceptors (Lipinski definition) is 4. The van der Waals surface area contributed by atoms with Crippen molar-refractivity contribution < 1.29 is 4.79 Å². The summed E-state index contributed by atoms with van der Waals surface area (Å²) in [5, 5.41) is 1.07. The number of nitrogens with zero attached hydrogens (tertiary/aromatic N) is 2. The summed E-state index contributed by atoms with van der Waals surface area (Å²) in [5.41, 5.74) is 4.02. The predicted octanol–water partition coefficient (Wildman–Crippen LogP) is 5.74. The van der Waals surface area contributed by atoms with Crippen LogP contribution in [0.4, 0.5) is 0 Å². The molecule has 0 fully saturated rings. The van der Waals surface area contributed by atoms with Crippen LogP contribution in [0, 0.1) is 13.8 Å². The standard InChI is InChI=1S/C24H19BrN2O2S/c1-15-6-5-9-21(16(15)2)27-23(29)19-7-3-4-8-20(19)26-24(27)30-14-22(28)17-10-12-18(25)13-11-17/h3-13H,14H2,1-2H3. The third-order valence-electron chi connectivity index (χ3n) is 5.06. The number of carbonyl (C=O) groups is 1. The molecule has 0 N–H and O–H groups in total. The van der Waals surface area contributed by atoms with Gasteiger partial charge in [-0.25, -0.2) is 4.98 Å². The van der Waals surface area contributed by atoms with Gasteiger partial charge in [0.2, 0.25) is 0 Å². The summed E-state index contributed by atoms with van der Waals surface area (Å²) in [4.78, 5) is 30.8. The number of halogens is 1. The number of hydrogen-bond donors (Lipinski definition) is 0. The second-order valence-corrected chi connectivity index (χ2v) is 8.85. The number of carbonyl (C=O) groups excluding carboxylic acids is 1. The maximum atomic E-state index is 13.4. The summed E-state index contributed by atoms with van der Waals surface area (Å²) in [6.45, 7) is 4.01. The fraction of sp³-hybridized carbons (Fsp3) is 0.125. The first-order valence-corrected chi connectivity index (χ1v) is 11.2. The van der Waals surface area contributed by atoms with Crippen molar-refractivity contribution in [3.8, 4) is 5.69 Å². The number of ketones is 1. The van der Waals surface area contributed by atoms with Crippen LogP contribution in [0.25, 0.3) is 16.6 Å². The van der Waals surface area contributed by atoms with Gasteiger partial charge in [0.05, 0.1) is 22.3 Å². The Morgan fingerprint density at radius 3 is 2.50 bits per heavy atom. The maximum absolute atomic E-state index is 13.4. The van der Waals surface area contributed by atoms with Gasteiger partial charge in [-0.3, -0.25) is 14.2 Å². The van der Waals surface area contributed by atoms with Gasteiger partial charge in [-0.15, -0.1) is 0 Å².